The van der Waals surface area contributed by atoms with E-state index in [4.69, 9.17) is 4.74 Å². The summed E-state index contributed by atoms with van der Waals surface area (Å²) in [5.41, 5.74) is 2.98. The number of carbonyl (C=O) groups is 3. The number of carbonyl (C=O) groups excluding carboxylic acids is 3. The molecule has 0 bridgehead atoms. The molecule has 0 fully saturated rings. The second kappa shape index (κ2) is 10.1. The third kappa shape index (κ3) is 7.03. The summed E-state index contributed by atoms with van der Waals surface area (Å²) in [6, 6.07) is 15.1. The molecule has 0 saturated heterocycles. The summed E-state index contributed by atoms with van der Waals surface area (Å²) in [4.78, 5) is 38.6. The number of nitrogens with one attached hydrogen (secondary N) is 1. The average Bonchev–Trinajstić information content (AvgIpc) is 2.67. The number of nitrogens with zero attached hydrogens (tertiary/aromatic N) is 1. The Kier molecular flexibility index (Phi) is 7.75. The largest absolute Gasteiger partial charge is 0.454 e. The van der Waals surface area contributed by atoms with Crippen LogP contribution in [0.1, 0.15) is 47.8 Å². The summed E-state index contributed by atoms with van der Waals surface area (Å²) in [6.07, 6.45) is 0. The number of ether oxygens (including phenoxy) is 1. The molecule has 2 aromatic rings. The number of hydrogen-bond acceptors (Lipinski definition) is 4. The monoisotopic (exact) mass is 410 g/mol. The summed E-state index contributed by atoms with van der Waals surface area (Å²) in [6.45, 7) is 9.35. The van der Waals surface area contributed by atoms with E-state index < -0.39 is 11.5 Å². The van der Waals surface area contributed by atoms with Crippen LogP contribution >= 0.6 is 0 Å². The van der Waals surface area contributed by atoms with Crippen LogP contribution in [-0.2, 0) is 20.9 Å². The summed E-state index contributed by atoms with van der Waals surface area (Å²) in [5.74, 6) is -1.31. The number of amides is 2. The molecule has 2 amide bonds. The van der Waals surface area contributed by atoms with Crippen molar-refractivity contribution in [2.75, 3.05) is 13.2 Å². The molecule has 160 valence electrons. The SMILES string of the molecule is Cc1cc(C)cc(C(=O)NCC(=O)OCC(=O)N(Cc2ccccc2)C(C)(C)C)c1. The first-order chi connectivity index (χ1) is 14.1. The Bertz CT molecular complexity index is 881. The van der Waals surface area contributed by atoms with Crippen molar-refractivity contribution in [1.82, 2.24) is 10.2 Å². The molecule has 6 nitrogen and oxygen atoms in total. The smallest absolute Gasteiger partial charge is 0.325 e. The zero-order valence-electron chi connectivity index (χ0n) is 18.3. The van der Waals surface area contributed by atoms with E-state index in [0.717, 1.165) is 16.7 Å². The molecule has 0 aromatic heterocycles. The van der Waals surface area contributed by atoms with Gasteiger partial charge in [-0.15, -0.1) is 0 Å². The van der Waals surface area contributed by atoms with Crippen LogP contribution in [0.15, 0.2) is 48.5 Å². The Morgan fingerprint density at radius 3 is 2.13 bits per heavy atom. The fourth-order valence-electron chi connectivity index (χ4n) is 3.10. The molecule has 0 unspecified atom stereocenters. The van der Waals surface area contributed by atoms with Gasteiger partial charge < -0.3 is 15.0 Å². The first kappa shape index (κ1) is 23.1. The molecule has 1 N–H and O–H groups in total. The van der Waals surface area contributed by atoms with Crippen molar-refractivity contribution in [3.63, 3.8) is 0 Å². The Balaban J connectivity index is 1.88. The fraction of sp³-hybridized carbons (Fsp3) is 0.375. The van der Waals surface area contributed by atoms with E-state index in [1.807, 2.05) is 71.0 Å². The second-order valence-corrected chi connectivity index (χ2v) is 8.36. The Morgan fingerprint density at radius 2 is 1.57 bits per heavy atom. The maximum absolute atomic E-state index is 12.7. The van der Waals surface area contributed by atoms with Crippen molar-refractivity contribution >= 4 is 17.8 Å². The van der Waals surface area contributed by atoms with Crippen molar-refractivity contribution in [2.24, 2.45) is 0 Å². The molecule has 0 atom stereocenters. The molecule has 30 heavy (non-hydrogen) atoms. The minimum atomic E-state index is -0.658. The van der Waals surface area contributed by atoms with E-state index >= 15 is 0 Å². The van der Waals surface area contributed by atoms with Crippen LogP contribution in [0.2, 0.25) is 0 Å². The van der Waals surface area contributed by atoms with Crippen LogP contribution in [0, 0.1) is 13.8 Å². The van der Waals surface area contributed by atoms with Gasteiger partial charge in [-0.25, -0.2) is 0 Å². The van der Waals surface area contributed by atoms with E-state index in [-0.39, 0.29) is 25.0 Å². The maximum atomic E-state index is 12.7. The van der Waals surface area contributed by atoms with Crippen molar-refractivity contribution in [3.05, 3.63) is 70.8 Å². The van der Waals surface area contributed by atoms with E-state index in [9.17, 15) is 14.4 Å². The van der Waals surface area contributed by atoms with Gasteiger partial charge in [0.1, 0.15) is 6.54 Å². The standard InChI is InChI=1S/C24H30N2O4/c1-17-11-18(2)13-20(12-17)23(29)25-14-22(28)30-16-21(27)26(24(3,4)5)15-19-9-7-6-8-10-19/h6-13H,14-16H2,1-5H3,(H,25,29). The zero-order valence-corrected chi connectivity index (χ0v) is 18.3. The summed E-state index contributed by atoms with van der Waals surface area (Å²) in [7, 11) is 0. The van der Waals surface area contributed by atoms with Gasteiger partial charge in [0, 0.05) is 17.6 Å². The van der Waals surface area contributed by atoms with Crippen LogP contribution in [0.3, 0.4) is 0 Å². The highest BCUT2D eigenvalue weighted by Gasteiger charge is 2.27. The predicted molar refractivity (Wildman–Crippen MR) is 116 cm³/mol. The van der Waals surface area contributed by atoms with Gasteiger partial charge in [-0.2, -0.15) is 0 Å². The zero-order chi connectivity index (χ0) is 22.3. The van der Waals surface area contributed by atoms with Gasteiger partial charge in [0.25, 0.3) is 11.8 Å². The van der Waals surface area contributed by atoms with Gasteiger partial charge in [0.05, 0.1) is 0 Å². The molecule has 0 aliphatic rings. The molecule has 2 rings (SSSR count). The van der Waals surface area contributed by atoms with Gasteiger partial charge >= 0.3 is 5.97 Å². The molecular weight excluding hydrogens is 380 g/mol. The molecule has 6 heteroatoms. The van der Waals surface area contributed by atoms with Gasteiger partial charge in [-0.1, -0.05) is 47.5 Å². The van der Waals surface area contributed by atoms with Gasteiger partial charge in [0.2, 0.25) is 0 Å². The molecule has 0 heterocycles. The van der Waals surface area contributed by atoms with Crippen LogP contribution < -0.4 is 5.32 Å². The summed E-state index contributed by atoms with van der Waals surface area (Å²) >= 11 is 0. The highest BCUT2D eigenvalue weighted by Crippen LogP contribution is 2.17. The van der Waals surface area contributed by atoms with E-state index in [1.165, 1.54) is 0 Å². The molecule has 2 aromatic carbocycles. The van der Waals surface area contributed by atoms with Crippen LogP contribution in [0.5, 0.6) is 0 Å². The van der Waals surface area contributed by atoms with Crippen molar-refractivity contribution < 1.29 is 19.1 Å². The van der Waals surface area contributed by atoms with Crippen molar-refractivity contribution in [3.8, 4) is 0 Å². The predicted octanol–water partition coefficient (Wildman–Crippen LogP) is 3.40. The molecule has 0 aliphatic carbocycles. The first-order valence-electron chi connectivity index (χ1n) is 9.93. The summed E-state index contributed by atoms with van der Waals surface area (Å²) in [5, 5.41) is 2.54. The van der Waals surface area contributed by atoms with Crippen molar-refractivity contribution in [2.45, 2.75) is 46.7 Å². The number of esters is 1. The Labute approximate surface area is 178 Å². The fourth-order valence-corrected chi connectivity index (χ4v) is 3.10. The first-order valence-corrected chi connectivity index (χ1v) is 9.93. The number of rotatable bonds is 7. The molecule has 0 radical (unpaired) electrons. The van der Waals surface area contributed by atoms with E-state index in [0.29, 0.717) is 12.1 Å². The highest BCUT2D eigenvalue weighted by atomic mass is 16.5. The van der Waals surface area contributed by atoms with E-state index in [2.05, 4.69) is 5.32 Å². The average molecular weight is 411 g/mol. The lowest BCUT2D eigenvalue weighted by molar-refractivity contribution is -0.153. The Hall–Kier alpha value is -3.15. The topological polar surface area (TPSA) is 75.7 Å². The lowest BCUT2D eigenvalue weighted by Gasteiger charge is -2.35. The number of hydrogen-bond donors (Lipinski definition) is 1. The highest BCUT2D eigenvalue weighted by molar-refractivity contribution is 5.96. The normalized spacial score (nSPS) is 11.0. The maximum Gasteiger partial charge on any atom is 0.325 e. The van der Waals surface area contributed by atoms with Crippen LogP contribution in [0.25, 0.3) is 0 Å². The van der Waals surface area contributed by atoms with Gasteiger partial charge in [-0.3, -0.25) is 14.4 Å². The van der Waals surface area contributed by atoms with Crippen LogP contribution in [-0.4, -0.2) is 41.4 Å². The van der Waals surface area contributed by atoms with Crippen LogP contribution in [0.4, 0.5) is 0 Å². The second-order valence-electron chi connectivity index (χ2n) is 8.36. The molecule has 0 saturated carbocycles. The van der Waals surface area contributed by atoms with E-state index in [1.54, 1.807) is 17.0 Å². The lowest BCUT2D eigenvalue weighted by Crippen LogP contribution is -2.47. The van der Waals surface area contributed by atoms with Gasteiger partial charge in [-0.05, 0) is 52.3 Å². The lowest BCUT2D eigenvalue weighted by atomic mass is 10.0. The minimum absolute atomic E-state index is 0.291. The van der Waals surface area contributed by atoms with Crippen molar-refractivity contribution in [1.29, 1.82) is 0 Å². The number of benzene rings is 2. The molecular formula is C24H30N2O4. The quantitative estimate of drug-likeness (QED) is 0.710. The summed E-state index contributed by atoms with van der Waals surface area (Å²) < 4.78 is 5.11. The third-order valence-electron chi connectivity index (χ3n) is 4.53. The molecule has 0 aliphatic heterocycles. The molecule has 0 spiro atoms. The number of aryl methyl sites for hydroxylation is 2. The van der Waals surface area contributed by atoms with Gasteiger partial charge in [0.15, 0.2) is 6.61 Å². The third-order valence-corrected chi connectivity index (χ3v) is 4.53. The Morgan fingerprint density at radius 1 is 0.967 bits per heavy atom. The minimum Gasteiger partial charge on any atom is -0.454 e.